The van der Waals surface area contributed by atoms with Crippen molar-refractivity contribution < 1.29 is 8.42 Å². The molecular weight excluding hydrogens is 374 g/mol. The Hall–Kier alpha value is -3.10. The largest absolute Gasteiger partial charge is 0.307 e. The van der Waals surface area contributed by atoms with Gasteiger partial charge in [-0.25, -0.2) is 23.1 Å². The number of fused-ring (bicyclic) bond motifs is 1. The predicted octanol–water partition coefficient (Wildman–Crippen LogP) is 2.78. The van der Waals surface area contributed by atoms with Crippen molar-refractivity contribution in [3.8, 4) is 11.4 Å². The zero-order chi connectivity index (χ0) is 19.6. The molecule has 4 rings (SSSR count). The highest BCUT2D eigenvalue weighted by molar-refractivity contribution is 7.89. The van der Waals surface area contributed by atoms with Gasteiger partial charge in [-0.15, -0.1) is 0 Å². The maximum atomic E-state index is 12.5. The fraction of sp³-hybridized carbons (Fsp3) is 0.150. The van der Waals surface area contributed by atoms with E-state index in [1.807, 2.05) is 35.8 Å². The van der Waals surface area contributed by atoms with Crippen molar-refractivity contribution in [2.24, 2.45) is 0 Å². The third-order valence-electron chi connectivity index (χ3n) is 4.40. The number of benzene rings is 1. The van der Waals surface area contributed by atoms with Gasteiger partial charge in [-0.05, 0) is 43.3 Å². The molecule has 142 valence electrons. The third-order valence-corrected chi connectivity index (χ3v) is 5.88. The summed E-state index contributed by atoms with van der Waals surface area (Å²) in [5, 5.41) is 0. The Kier molecular flexibility index (Phi) is 4.89. The Morgan fingerprint density at radius 3 is 2.50 bits per heavy atom. The molecule has 0 aliphatic heterocycles. The summed E-state index contributed by atoms with van der Waals surface area (Å²) >= 11 is 0. The molecule has 0 atom stereocenters. The lowest BCUT2D eigenvalue weighted by molar-refractivity contribution is 0.574. The number of aryl methyl sites for hydroxylation is 1. The van der Waals surface area contributed by atoms with Crippen molar-refractivity contribution in [2.75, 3.05) is 6.54 Å². The Morgan fingerprint density at radius 1 is 1.00 bits per heavy atom. The van der Waals surface area contributed by atoms with E-state index in [9.17, 15) is 8.42 Å². The summed E-state index contributed by atoms with van der Waals surface area (Å²) in [5.74, 6) is 0.727. The first-order valence-electron chi connectivity index (χ1n) is 8.82. The molecule has 0 radical (unpaired) electrons. The molecule has 0 saturated carbocycles. The maximum Gasteiger partial charge on any atom is 0.240 e. The van der Waals surface area contributed by atoms with Crippen LogP contribution < -0.4 is 4.72 Å². The lowest BCUT2D eigenvalue weighted by atomic mass is 10.2. The van der Waals surface area contributed by atoms with E-state index >= 15 is 0 Å². The lowest BCUT2D eigenvalue weighted by Crippen LogP contribution is -2.27. The van der Waals surface area contributed by atoms with Crippen LogP contribution in [0.2, 0.25) is 0 Å². The number of hydrogen-bond acceptors (Lipinski definition) is 5. The van der Waals surface area contributed by atoms with E-state index in [-0.39, 0.29) is 11.4 Å². The molecule has 3 heterocycles. The minimum atomic E-state index is -3.58. The average Bonchev–Trinajstić information content (AvgIpc) is 3.08. The number of pyridine rings is 2. The Balaban J connectivity index is 1.60. The van der Waals surface area contributed by atoms with E-state index in [2.05, 4.69) is 19.7 Å². The third kappa shape index (κ3) is 3.64. The number of rotatable bonds is 6. The van der Waals surface area contributed by atoms with Crippen LogP contribution in [0.3, 0.4) is 0 Å². The standard InChI is InChI=1S/C20H19N5O2S/c1-15-4-6-17(7-5-15)28(26,27)23-13-14-25-19(16-8-11-21-12-9-16)24-18-3-2-10-22-20(18)25/h2-12,23H,13-14H2,1H3. The van der Waals surface area contributed by atoms with Crippen molar-refractivity contribution in [1.29, 1.82) is 0 Å². The van der Waals surface area contributed by atoms with Crippen LogP contribution in [0.25, 0.3) is 22.6 Å². The van der Waals surface area contributed by atoms with E-state index in [1.165, 1.54) is 0 Å². The number of sulfonamides is 1. The normalized spacial score (nSPS) is 11.8. The molecule has 0 bridgehead atoms. The van der Waals surface area contributed by atoms with Crippen LogP contribution in [0.4, 0.5) is 0 Å². The van der Waals surface area contributed by atoms with E-state index in [4.69, 9.17) is 0 Å². The lowest BCUT2D eigenvalue weighted by Gasteiger charge is -2.10. The molecule has 0 spiro atoms. The van der Waals surface area contributed by atoms with E-state index in [0.29, 0.717) is 12.2 Å². The van der Waals surface area contributed by atoms with Gasteiger partial charge < -0.3 is 4.57 Å². The maximum absolute atomic E-state index is 12.5. The van der Waals surface area contributed by atoms with Crippen LogP contribution in [-0.4, -0.2) is 34.5 Å². The molecule has 7 nitrogen and oxygen atoms in total. The van der Waals surface area contributed by atoms with Crippen molar-refractivity contribution in [3.05, 3.63) is 72.7 Å². The monoisotopic (exact) mass is 393 g/mol. The van der Waals surface area contributed by atoms with Crippen LogP contribution in [0.15, 0.2) is 72.0 Å². The van der Waals surface area contributed by atoms with Gasteiger partial charge in [0.15, 0.2) is 5.65 Å². The van der Waals surface area contributed by atoms with Gasteiger partial charge in [0.1, 0.15) is 11.3 Å². The quantitative estimate of drug-likeness (QED) is 0.544. The van der Waals surface area contributed by atoms with Gasteiger partial charge in [0.25, 0.3) is 0 Å². The molecule has 0 fully saturated rings. The molecule has 3 aromatic heterocycles. The fourth-order valence-electron chi connectivity index (χ4n) is 2.98. The fourth-order valence-corrected chi connectivity index (χ4v) is 4.01. The van der Waals surface area contributed by atoms with Gasteiger partial charge in [-0.2, -0.15) is 0 Å². The van der Waals surface area contributed by atoms with Crippen molar-refractivity contribution in [1.82, 2.24) is 24.2 Å². The van der Waals surface area contributed by atoms with E-state index in [0.717, 1.165) is 22.5 Å². The highest BCUT2D eigenvalue weighted by Gasteiger charge is 2.16. The van der Waals surface area contributed by atoms with E-state index in [1.54, 1.807) is 42.9 Å². The van der Waals surface area contributed by atoms with Gasteiger partial charge in [0.05, 0.1) is 4.90 Å². The second-order valence-corrected chi connectivity index (χ2v) is 8.15. The van der Waals surface area contributed by atoms with Crippen LogP contribution in [0, 0.1) is 6.92 Å². The van der Waals surface area contributed by atoms with Crippen LogP contribution >= 0.6 is 0 Å². The Morgan fingerprint density at radius 2 is 1.75 bits per heavy atom. The zero-order valence-corrected chi connectivity index (χ0v) is 16.1. The topological polar surface area (TPSA) is 89.8 Å². The van der Waals surface area contributed by atoms with Crippen LogP contribution in [0.5, 0.6) is 0 Å². The predicted molar refractivity (Wildman–Crippen MR) is 107 cm³/mol. The van der Waals surface area contributed by atoms with Crippen molar-refractivity contribution in [3.63, 3.8) is 0 Å². The first kappa shape index (κ1) is 18.3. The summed E-state index contributed by atoms with van der Waals surface area (Å²) < 4.78 is 29.6. The Bertz CT molecular complexity index is 1200. The molecule has 1 N–H and O–H groups in total. The molecule has 4 aromatic rings. The zero-order valence-electron chi connectivity index (χ0n) is 15.3. The SMILES string of the molecule is Cc1ccc(S(=O)(=O)NCCn2c(-c3ccncc3)nc3cccnc32)cc1. The molecule has 0 unspecified atom stereocenters. The molecule has 0 amide bonds. The molecular formula is C20H19N5O2S. The smallest absolute Gasteiger partial charge is 0.240 e. The molecule has 0 saturated heterocycles. The van der Waals surface area contributed by atoms with Gasteiger partial charge in [0.2, 0.25) is 10.0 Å². The second kappa shape index (κ2) is 7.49. The molecule has 0 aliphatic carbocycles. The molecule has 8 heteroatoms. The first-order valence-corrected chi connectivity index (χ1v) is 10.3. The number of nitrogens with one attached hydrogen (secondary N) is 1. The van der Waals surface area contributed by atoms with Gasteiger partial charge in [-0.1, -0.05) is 17.7 Å². The highest BCUT2D eigenvalue weighted by Crippen LogP contribution is 2.22. The summed E-state index contributed by atoms with van der Waals surface area (Å²) in [6, 6.07) is 14.2. The van der Waals surface area contributed by atoms with Gasteiger partial charge >= 0.3 is 0 Å². The molecule has 0 aliphatic rings. The average molecular weight is 393 g/mol. The number of imidazole rings is 1. The summed E-state index contributed by atoms with van der Waals surface area (Å²) in [6.45, 7) is 2.54. The number of aromatic nitrogens is 4. The Labute approximate surface area is 163 Å². The van der Waals surface area contributed by atoms with E-state index < -0.39 is 10.0 Å². The van der Waals surface area contributed by atoms with Gasteiger partial charge in [-0.3, -0.25) is 4.98 Å². The van der Waals surface area contributed by atoms with Crippen LogP contribution in [-0.2, 0) is 16.6 Å². The minimum absolute atomic E-state index is 0.219. The number of hydrogen-bond donors (Lipinski definition) is 1. The molecule has 28 heavy (non-hydrogen) atoms. The highest BCUT2D eigenvalue weighted by atomic mass is 32.2. The summed E-state index contributed by atoms with van der Waals surface area (Å²) in [6.07, 6.45) is 5.10. The minimum Gasteiger partial charge on any atom is -0.307 e. The number of nitrogens with zero attached hydrogens (tertiary/aromatic N) is 4. The molecule has 1 aromatic carbocycles. The van der Waals surface area contributed by atoms with Crippen molar-refractivity contribution in [2.45, 2.75) is 18.4 Å². The van der Waals surface area contributed by atoms with Crippen LogP contribution in [0.1, 0.15) is 5.56 Å². The summed E-state index contributed by atoms with van der Waals surface area (Å²) in [5.41, 5.74) is 3.38. The summed E-state index contributed by atoms with van der Waals surface area (Å²) in [7, 11) is -3.58. The van der Waals surface area contributed by atoms with Gasteiger partial charge in [0, 0.05) is 37.2 Å². The first-order chi connectivity index (χ1) is 13.5. The van der Waals surface area contributed by atoms with Crippen molar-refractivity contribution >= 4 is 21.2 Å². The summed E-state index contributed by atoms with van der Waals surface area (Å²) in [4.78, 5) is 13.4. The second-order valence-electron chi connectivity index (χ2n) is 6.38.